The first-order valence-corrected chi connectivity index (χ1v) is 6.42. The van der Waals surface area contributed by atoms with Crippen LogP contribution < -0.4 is 0 Å². The van der Waals surface area contributed by atoms with Crippen molar-refractivity contribution >= 4 is 0 Å². The van der Waals surface area contributed by atoms with Gasteiger partial charge in [0.05, 0.1) is 11.6 Å². The summed E-state index contributed by atoms with van der Waals surface area (Å²) in [7, 11) is 0. The van der Waals surface area contributed by atoms with Gasteiger partial charge in [-0.3, -0.25) is 9.88 Å². The van der Waals surface area contributed by atoms with E-state index < -0.39 is 0 Å². The maximum atomic E-state index is 8.79. The Labute approximate surface area is 114 Å². The van der Waals surface area contributed by atoms with E-state index in [2.05, 4.69) is 22.9 Å². The summed E-state index contributed by atoms with van der Waals surface area (Å²) in [5.41, 5.74) is 3.21. The summed E-state index contributed by atoms with van der Waals surface area (Å²) in [5, 5.41) is 8.79. The summed E-state index contributed by atoms with van der Waals surface area (Å²) in [6, 6.07) is 14.0. The lowest BCUT2D eigenvalue weighted by Gasteiger charge is -2.20. The molecule has 1 heterocycles. The molecule has 0 bridgehead atoms. The molecule has 0 radical (unpaired) electrons. The molecular weight excluding hydrogens is 234 g/mol. The van der Waals surface area contributed by atoms with Crippen LogP contribution in [0.25, 0.3) is 0 Å². The van der Waals surface area contributed by atoms with E-state index in [0.717, 1.165) is 19.6 Å². The molecule has 0 amide bonds. The van der Waals surface area contributed by atoms with Crippen molar-refractivity contribution in [1.82, 2.24) is 9.88 Å². The lowest BCUT2D eigenvalue weighted by Crippen LogP contribution is -2.22. The van der Waals surface area contributed by atoms with Crippen LogP contribution in [-0.4, -0.2) is 16.4 Å². The summed E-state index contributed by atoms with van der Waals surface area (Å²) in [4.78, 5) is 6.39. The van der Waals surface area contributed by atoms with Crippen LogP contribution >= 0.6 is 0 Å². The third kappa shape index (κ3) is 3.90. The molecule has 0 N–H and O–H groups in total. The summed E-state index contributed by atoms with van der Waals surface area (Å²) in [6.45, 7) is 4.96. The zero-order chi connectivity index (χ0) is 13.5. The molecule has 96 valence electrons. The van der Waals surface area contributed by atoms with Crippen LogP contribution in [0.15, 0.2) is 48.8 Å². The molecular formula is C16H17N3. The maximum absolute atomic E-state index is 8.79. The lowest BCUT2D eigenvalue weighted by atomic mass is 10.1. The molecule has 1 aromatic carbocycles. The molecule has 0 atom stereocenters. The van der Waals surface area contributed by atoms with E-state index in [1.807, 2.05) is 48.8 Å². The third-order valence-corrected chi connectivity index (χ3v) is 3.09. The number of hydrogen-bond acceptors (Lipinski definition) is 3. The topological polar surface area (TPSA) is 39.9 Å². The molecule has 0 aliphatic heterocycles. The Morgan fingerprint density at radius 2 is 1.58 bits per heavy atom. The second kappa shape index (κ2) is 6.67. The predicted molar refractivity (Wildman–Crippen MR) is 75.2 cm³/mol. The Morgan fingerprint density at radius 1 is 1.00 bits per heavy atom. The van der Waals surface area contributed by atoms with E-state index in [9.17, 15) is 0 Å². The molecule has 19 heavy (non-hydrogen) atoms. The van der Waals surface area contributed by atoms with Gasteiger partial charge in [-0.15, -0.1) is 0 Å². The molecule has 0 unspecified atom stereocenters. The number of rotatable bonds is 5. The van der Waals surface area contributed by atoms with Gasteiger partial charge in [0.25, 0.3) is 0 Å². The minimum atomic E-state index is 0.709. The predicted octanol–water partition coefficient (Wildman–Crippen LogP) is 2.98. The quantitative estimate of drug-likeness (QED) is 0.820. The molecule has 0 spiro atoms. The molecule has 0 aliphatic carbocycles. The van der Waals surface area contributed by atoms with Crippen molar-refractivity contribution in [2.75, 3.05) is 6.54 Å². The van der Waals surface area contributed by atoms with Gasteiger partial charge in [-0.1, -0.05) is 19.1 Å². The van der Waals surface area contributed by atoms with E-state index in [1.54, 1.807) is 0 Å². The lowest BCUT2D eigenvalue weighted by molar-refractivity contribution is 0.271. The van der Waals surface area contributed by atoms with Crippen molar-refractivity contribution in [3.8, 4) is 6.07 Å². The van der Waals surface area contributed by atoms with Gasteiger partial charge < -0.3 is 0 Å². The van der Waals surface area contributed by atoms with E-state index in [1.165, 1.54) is 11.1 Å². The Hall–Kier alpha value is -2.18. The Bertz CT molecular complexity index is 540. The van der Waals surface area contributed by atoms with E-state index >= 15 is 0 Å². The van der Waals surface area contributed by atoms with Crippen molar-refractivity contribution < 1.29 is 0 Å². The molecule has 0 saturated carbocycles. The molecule has 2 rings (SSSR count). The smallest absolute Gasteiger partial charge is 0.0991 e. The van der Waals surface area contributed by atoms with E-state index in [0.29, 0.717) is 5.56 Å². The molecule has 3 nitrogen and oxygen atoms in total. The van der Waals surface area contributed by atoms with Crippen LogP contribution in [0.4, 0.5) is 0 Å². The fourth-order valence-electron chi connectivity index (χ4n) is 1.97. The van der Waals surface area contributed by atoms with Gasteiger partial charge in [0.15, 0.2) is 0 Å². The van der Waals surface area contributed by atoms with Gasteiger partial charge in [0, 0.05) is 25.5 Å². The number of benzene rings is 1. The van der Waals surface area contributed by atoms with Gasteiger partial charge in [-0.05, 0) is 41.9 Å². The van der Waals surface area contributed by atoms with Gasteiger partial charge in [0.2, 0.25) is 0 Å². The maximum Gasteiger partial charge on any atom is 0.0991 e. The number of nitriles is 1. The fraction of sp³-hybridized carbons (Fsp3) is 0.250. The first-order chi connectivity index (χ1) is 9.31. The van der Waals surface area contributed by atoms with Gasteiger partial charge in [-0.25, -0.2) is 0 Å². The Kier molecular flexibility index (Phi) is 4.66. The molecule has 3 heteroatoms. The largest absolute Gasteiger partial charge is 0.295 e. The second-order valence-electron chi connectivity index (χ2n) is 4.47. The first-order valence-electron chi connectivity index (χ1n) is 6.42. The number of hydrogen-bond donors (Lipinski definition) is 0. The molecule has 0 saturated heterocycles. The van der Waals surface area contributed by atoms with Gasteiger partial charge in [-0.2, -0.15) is 5.26 Å². The minimum Gasteiger partial charge on any atom is -0.295 e. The van der Waals surface area contributed by atoms with Crippen LogP contribution in [0.3, 0.4) is 0 Å². The van der Waals surface area contributed by atoms with Crippen LogP contribution in [-0.2, 0) is 13.1 Å². The number of pyridine rings is 1. The highest BCUT2D eigenvalue weighted by molar-refractivity contribution is 5.31. The normalized spacial score (nSPS) is 10.4. The summed E-state index contributed by atoms with van der Waals surface area (Å²) >= 11 is 0. The van der Waals surface area contributed by atoms with Crippen LogP contribution in [0.2, 0.25) is 0 Å². The van der Waals surface area contributed by atoms with Gasteiger partial charge >= 0.3 is 0 Å². The minimum absolute atomic E-state index is 0.709. The van der Waals surface area contributed by atoms with Gasteiger partial charge in [0.1, 0.15) is 0 Å². The third-order valence-electron chi connectivity index (χ3n) is 3.09. The van der Waals surface area contributed by atoms with Crippen molar-refractivity contribution in [2.24, 2.45) is 0 Å². The van der Waals surface area contributed by atoms with E-state index in [-0.39, 0.29) is 0 Å². The first kappa shape index (κ1) is 13.3. The summed E-state index contributed by atoms with van der Waals surface area (Å²) in [5.74, 6) is 0. The Morgan fingerprint density at radius 3 is 2.11 bits per heavy atom. The van der Waals surface area contributed by atoms with E-state index in [4.69, 9.17) is 5.26 Å². The van der Waals surface area contributed by atoms with Crippen molar-refractivity contribution in [1.29, 1.82) is 5.26 Å². The average molecular weight is 251 g/mol. The number of aromatic nitrogens is 1. The SMILES string of the molecule is CCN(Cc1ccncc1)Cc1ccc(C#N)cc1. The average Bonchev–Trinajstić information content (AvgIpc) is 2.48. The molecule has 0 fully saturated rings. The zero-order valence-electron chi connectivity index (χ0n) is 11.1. The standard InChI is InChI=1S/C16H17N3/c1-2-19(13-16-7-9-18-10-8-16)12-15-5-3-14(11-17)4-6-15/h3-10H,2,12-13H2,1H3. The molecule has 0 aliphatic rings. The highest BCUT2D eigenvalue weighted by Crippen LogP contribution is 2.10. The van der Waals surface area contributed by atoms with Crippen LogP contribution in [0.1, 0.15) is 23.6 Å². The summed E-state index contributed by atoms with van der Waals surface area (Å²) < 4.78 is 0. The molecule has 2 aromatic rings. The molecule has 1 aromatic heterocycles. The van der Waals surface area contributed by atoms with Crippen molar-refractivity contribution in [3.63, 3.8) is 0 Å². The second-order valence-corrected chi connectivity index (χ2v) is 4.47. The van der Waals surface area contributed by atoms with Crippen LogP contribution in [0, 0.1) is 11.3 Å². The Balaban J connectivity index is 2.00. The zero-order valence-corrected chi connectivity index (χ0v) is 11.1. The monoisotopic (exact) mass is 251 g/mol. The van der Waals surface area contributed by atoms with Crippen molar-refractivity contribution in [2.45, 2.75) is 20.0 Å². The fourth-order valence-corrected chi connectivity index (χ4v) is 1.97. The summed E-state index contributed by atoms with van der Waals surface area (Å²) in [6.07, 6.45) is 3.65. The van der Waals surface area contributed by atoms with Crippen LogP contribution in [0.5, 0.6) is 0 Å². The van der Waals surface area contributed by atoms with Crippen molar-refractivity contribution in [3.05, 3.63) is 65.5 Å². The number of nitrogens with zero attached hydrogens (tertiary/aromatic N) is 3. The highest BCUT2D eigenvalue weighted by atomic mass is 15.1. The highest BCUT2D eigenvalue weighted by Gasteiger charge is 2.05.